The Hall–Kier alpha value is 1.02. The molecule has 1 N–H and O–H groups in total. The van der Waals surface area contributed by atoms with Gasteiger partial charge in [-0.1, -0.05) is 6.32 Å². The van der Waals surface area contributed by atoms with Gasteiger partial charge in [0.25, 0.3) is 0 Å². The monoisotopic (exact) mass is 82.1 g/mol. The summed E-state index contributed by atoms with van der Waals surface area (Å²) >= 11 is 0. The average molecular weight is 81.9 g/mol. The van der Waals surface area contributed by atoms with Crippen LogP contribution in [0.5, 0.6) is 0 Å². The van der Waals surface area contributed by atoms with Crippen LogP contribution < -0.4 is 0 Å². The molecule has 0 spiro atoms. The summed E-state index contributed by atoms with van der Waals surface area (Å²) in [4.78, 5) is 0. The second-order valence-electron chi connectivity index (χ2n) is 0.724. The van der Waals surface area contributed by atoms with Crippen LogP contribution in [0.15, 0.2) is 0 Å². The summed E-state index contributed by atoms with van der Waals surface area (Å²) in [5.74, 6) is 0. The van der Waals surface area contributed by atoms with Crippen molar-refractivity contribution in [3.63, 3.8) is 0 Å². The third-order valence-electron chi connectivity index (χ3n) is 0.224. The van der Waals surface area contributed by atoms with Crippen LogP contribution in [0.4, 0.5) is 0 Å². The van der Waals surface area contributed by atoms with E-state index in [9.17, 15) is 0 Å². The molecule has 0 unspecified atom stereocenters. The van der Waals surface area contributed by atoms with E-state index in [-0.39, 0.29) is 29.6 Å². The van der Waals surface area contributed by atoms with Gasteiger partial charge in [-0.25, -0.2) is 0 Å². The van der Waals surface area contributed by atoms with Gasteiger partial charge in [-0.3, -0.25) is 0 Å². The molecular weight excluding hydrogens is 73.8 g/mol. The summed E-state index contributed by atoms with van der Waals surface area (Å²) in [6.07, 6.45) is 0.875. The molecule has 0 saturated carbocycles. The molecule has 1 nitrogen and oxygen atoms in total. The Labute approximate surface area is 55.5 Å². The van der Waals surface area contributed by atoms with Crippen molar-refractivity contribution < 1.29 is 5.11 Å². The van der Waals surface area contributed by atoms with Crippen LogP contribution in [0.3, 0.4) is 0 Å². The van der Waals surface area contributed by atoms with Gasteiger partial charge < -0.3 is 5.11 Å². The molecule has 0 aromatic rings. The Balaban J connectivity index is 0. The number of aliphatic hydroxyl groups is 1. The standard InChI is InChI=1S/C2H7BO.Na.H/c3-1-2-4;;/h4H,1-3H2;;. The number of hydrogen-bond acceptors (Lipinski definition) is 1. The Morgan fingerprint density at radius 2 is 1.80 bits per heavy atom. The predicted octanol–water partition coefficient (Wildman–Crippen LogP) is -1.62. The van der Waals surface area contributed by atoms with Crippen LogP contribution >= 0.6 is 0 Å². The van der Waals surface area contributed by atoms with E-state index in [4.69, 9.17) is 5.11 Å². The fraction of sp³-hybridized carbons (Fsp3) is 1.00. The Bertz CT molecular complexity index is 11.6. The van der Waals surface area contributed by atoms with E-state index in [1.54, 1.807) is 0 Å². The van der Waals surface area contributed by atoms with Crippen LogP contribution in [0, 0.1) is 0 Å². The van der Waals surface area contributed by atoms with E-state index in [0.717, 1.165) is 6.32 Å². The topological polar surface area (TPSA) is 20.2 Å². The zero-order chi connectivity index (χ0) is 3.41. The van der Waals surface area contributed by atoms with Gasteiger partial charge in [-0.15, -0.1) is 0 Å². The van der Waals surface area contributed by atoms with E-state index >= 15 is 0 Å². The molecule has 0 bridgehead atoms. The van der Waals surface area contributed by atoms with E-state index in [0.29, 0.717) is 6.61 Å². The fourth-order valence-corrected chi connectivity index (χ4v) is 0. The van der Waals surface area contributed by atoms with Crippen molar-refractivity contribution in [3.05, 3.63) is 0 Å². The molecule has 0 saturated heterocycles. The molecule has 0 radical (unpaired) electrons. The zero-order valence-corrected chi connectivity index (χ0v) is 2.86. The SMILES string of the molecule is BCCO.[NaH]. The Morgan fingerprint density at radius 3 is 1.80 bits per heavy atom. The molecule has 0 aliphatic rings. The van der Waals surface area contributed by atoms with Gasteiger partial charge in [-0.2, -0.15) is 0 Å². The molecule has 0 atom stereocenters. The zero-order valence-electron chi connectivity index (χ0n) is 2.86. The van der Waals surface area contributed by atoms with E-state index in [1.165, 1.54) is 0 Å². The number of aliphatic hydroxyl groups excluding tert-OH is 1. The second-order valence-corrected chi connectivity index (χ2v) is 0.724. The first kappa shape index (κ1) is 9.39. The van der Waals surface area contributed by atoms with Gasteiger partial charge in [0.05, 0.1) is 0 Å². The number of rotatable bonds is 1. The van der Waals surface area contributed by atoms with Gasteiger partial charge in [0.15, 0.2) is 0 Å². The van der Waals surface area contributed by atoms with Crippen LogP contribution in [0.1, 0.15) is 0 Å². The normalized spacial score (nSPS) is 5.80. The molecule has 0 rings (SSSR count). The quantitative estimate of drug-likeness (QED) is 0.377. The first-order chi connectivity index (χ1) is 1.91. The van der Waals surface area contributed by atoms with Crippen molar-refractivity contribution in [2.24, 2.45) is 0 Å². The molecule has 3 heteroatoms. The predicted molar refractivity (Wildman–Crippen MR) is 27.6 cm³/mol. The van der Waals surface area contributed by atoms with Gasteiger partial charge in [0.2, 0.25) is 0 Å². The minimum absolute atomic E-state index is 0. The summed E-state index contributed by atoms with van der Waals surface area (Å²) in [6.45, 7) is 0.319. The summed E-state index contributed by atoms with van der Waals surface area (Å²) in [6, 6.07) is 0. The van der Waals surface area contributed by atoms with Crippen molar-refractivity contribution in [2.45, 2.75) is 6.32 Å². The van der Waals surface area contributed by atoms with Crippen molar-refractivity contribution in [1.29, 1.82) is 0 Å². The maximum atomic E-state index is 7.88. The van der Waals surface area contributed by atoms with E-state index in [2.05, 4.69) is 0 Å². The van der Waals surface area contributed by atoms with Crippen molar-refractivity contribution in [2.75, 3.05) is 6.61 Å². The Morgan fingerprint density at radius 1 is 1.60 bits per heavy atom. The van der Waals surface area contributed by atoms with Gasteiger partial charge >= 0.3 is 29.6 Å². The average Bonchev–Trinajstić information content (AvgIpc) is 1.37. The molecule has 0 amide bonds. The first-order valence-electron chi connectivity index (χ1n) is 1.52. The van der Waals surface area contributed by atoms with Crippen LogP contribution in [0.2, 0.25) is 6.32 Å². The second kappa shape index (κ2) is 8.90. The molecule has 5 heavy (non-hydrogen) atoms. The maximum absolute atomic E-state index is 7.88. The third-order valence-corrected chi connectivity index (χ3v) is 0.224. The molecule has 26 valence electrons. The van der Waals surface area contributed by atoms with Crippen molar-refractivity contribution in [1.82, 2.24) is 0 Å². The van der Waals surface area contributed by atoms with Crippen LogP contribution in [-0.2, 0) is 0 Å². The molecule has 0 fully saturated rings. The molecule has 0 aromatic carbocycles. The molecule has 0 aromatic heterocycles. The summed E-state index contributed by atoms with van der Waals surface area (Å²) in [7, 11) is 1.93. The number of hydrogen-bond donors (Lipinski definition) is 1. The van der Waals surface area contributed by atoms with Crippen molar-refractivity contribution >= 4 is 37.4 Å². The van der Waals surface area contributed by atoms with Crippen molar-refractivity contribution in [3.8, 4) is 0 Å². The van der Waals surface area contributed by atoms with E-state index in [1.807, 2.05) is 7.85 Å². The van der Waals surface area contributed by atoms with Crippen LogP contribution in [-0.4, -0.2) is 49.1 Å². The first-order valence-corrected chi connectivity index (χ1v) is 1.52. The van der Waals surface area contributed by atoms with Gasteiger partial charge in [0, 0.05) is 6.61 Å². The fourth-order valence-electron chi connectivity index (χ4n) is 0. The summed E-state index contributed by atoms with van der Waals surface area (Å²) in [5.41, 5.74) is 0. The molecule has 0 aliphatic carbocycles. The summed E-state index contributed by atoms with van der Waals surface area (Å²) in [5, 5.41) is 7.88. The Kier molecular flexibility index (Phi) is 16.7. The minimum atomic E-state index is 0. The van der Waals surface area contributed by atoms with Crippen LogP contribution in [0.25, 0.3) is 0 Å². The molecule has 0 aliphatic heterocycles. The third kappa shape index (κ3) is 11.2. The summed E-state index contributed by atoms with van der Waals surface area (Å²) < 4.78 is 0. The molecular formula is C2H8BNaO. The van der Waals surface area contributed by atoms with E-state index < -0.39 is 0 Å². The van der Waals surface area contributed by atoms with Gasteiger partial charge in [-0.05, 0) is 0 Å². The molecule has 0 heterocycles. The van der Waals surface area contributed by atoms with Gasteiger partial charge in [0.1, 0.15) is 7.85 Å².